The Morgan fingerprint density at radius 1 is 1.13 bits per heavy atom. The molecule has 0 atom stereocenters. The second kappa shape index (κ2) is 9.54. The summed E-state index contributed by atoms with van der Waals surface area (Å²) in [5.41, 5.74) is -0.363. The number of aromatic nitrogens is 4. The van der Waals surface area contributed by atoms with Crippen LogP contribution in [0.2, 0.25) is 0 Å². The molecule has 2 heterocycles. The van der Waals surface area contributed by atoms with Gasteiger partial charge < -0.3 is 5.32 Å². The fourth-order valence-electron chi connectivity index (χ4n) is 4.24. The van der Waals surface area contributed by atoms with E-state index in [-0.39, 0.29) is 23.3 Å². The van der Waals surface area contributed by atoms with Gasteiger partial charge in [0.05, 0.1) is 5.75 Å². The standard InChI is InChI=1S/C22H31N5O3S/c1-3-11-27-19-17(21(29)26(2)22(27)30)20(25-18(24-19)15-9-10-15)31-13-16(28)23-12-14-7-5-4-6-8-14/h14-15H,3-13H2,1-2H3,(H,23,28). The highest BCUT2D eigenvalue weighted by molar-refractivity contribution is 8.00. The molecule has 2 aliphatic carbocycles. The van der Waals surface area contributed by atoms with Gasteiger partial charge in [-0.05, 0) is 38.0 Å². The third-order valence-electron chi connectivity index (χ3n) is 6.21. The molecule has 4 rings (SSSR count). The van der Waals surface area contributed by atoms with E-state index in [9.17, 15) is 14.4 Å². The number of thioether (sulfide) groups is 1. The zero-order valence-electron chi connectivity index (χ0n) is 18.4. The summed E-state index contributed by atoms with van der Waals surface area (Å²) in [6.45, 7) is 3.18. The highest BCUT2D eigenvalue weighted by atomic mass is 32.2. The predicted molar refractivity (Wildman–Crippen MR) is 122 cm³/mol. The third-order valence-corrected chi connectivity index (χ3v) is 7.18. The van der Waals surface area contributed by atoms with Gasteiger partial charge in [0.15, 0.2) is 5.65 Å². The van der Waals surface area contributed by atoms with Crippen molar-refractivity contribution in [2.75, 3.05) is 12.3 Å². The topological polar surface area (TPSA) is 98.9 Å². The Kier molecular flexibility index (Phi) is 6.79. The number of carbonyl (C=O) groups is 1. The first kappa shape index (κ1) is 22.0. The average molecular weight is 446 g/mol. The van der Waals surface area contributed by atoms with E-state index in [0.717, 1.165) is 30.4 Å². The van der Waals surface area contributed by atoms with Gasteiger partial charge in [0.1, 0.15) is 16.2 Å². The van der Waals surface area contributed by atoms with Crippen LogP contribution >= 0.6 is 11.8 Å². The summed E-state index contributed by atoms with van der Waals surface area (Å²) in [6, 6.07) is 0. The van der Waals surface area contributed by atoms with Crippen molar-refractivity contribution in [2.24, 2.45) is 13.0 Å². The summed E-state index contributed by atoms with van der Waals surface area (Å²) < 4.78 is 2.68. The number of aryl methyl sites for hydroxylation is 1. The molecule has 1 amide bonds. The van der Waals surface area contributed by atoms with Crippen molar-refractivity contribution in [3.8, 4) is 0 Å². The Morgan fingerprint density at radius 2 is 1.87 bits per heavy atom. The van der Waals surface area contributed by atoms with Gasteiger partial charge in [-0.15, -0.1) is 0 Å². The van der Waals surface area contributed by atoms with Crippen LogP contribution in [0.5, 0.6) is 0 Å². The second-order valence-corrected chi connectivity index (χ2v) is 9.72. The summed E-state index contributed by atoms with van der Waals surface area (Å²) >= 11 is 1.27. The second-order valence-electron chi connectivity index (χ2n) is 8.76. The molecule has 2 aromatic heterocycles. The van der Waals surface area contributed by atoms with E-state index in [1.165, 1.54) is 50.9 Å². The minimum Gasteiger partial charge on any atom is -0.355 e. The molecule has 8 nitrogen and oxygen atoms in total. The van der Waals surface area contributed by atoms with E-state index in [1.807, 2.05) is 6.92 Å². The number of rotatable bonds is 8. The Morgan fingerprint density at radius 3 is 2.55 bits per heavy atom. The van der Waals surface area contributed by atoms with Gasteiger partial charge in [0.2, 0.25) is 5.91 Å². The van der Waals surface area contributed by atoms with E-state index < -0.39 is 5.56 Å². The van der Waals surface area contributed by atoms with Gasteiger partial charge in [-0.25, -0.2) is 14.8 Å². The van der Waals surface area contributed by atoms with Gasteiger partial charge in [0.25, 0.3) is 5.56 Å². The van der Waals surface area contributed by atoms with Crippen LogP contribution in [0.3, 0.4) is 0 Å². The lowest BCUT2D eigenvalue weighted by atomic mass is 9.89. The van der Waals surface area contributed by atoms with Crippen LogP contribution in [0.1, 0.15) is 70.0 Å². The van der Waals surface area contributed by atoms with E-state index in [0.29, 0.717) is 34.3 Å². The fraction of sp³-hybridized carbons (Fsp3) is 0.682. The van der Waals surface area contributed by atoms with Crippen LogP contribution in [0.15, 0.2) is 14.6 Å². The number of fused-ring (bicyclic) bond motifs is 1. The van der Waals surface area contributed by atoms with E-state index in [1.54, 1.807) is 4.57 Å². The number of nitrogens with zero attached hydrogens (tertiary/aromatic N) is 4. The summed E-state index contributed by atoms with van der Waals surface area (Å²) in [6.07, 6.45) is 8.93. The maximum absolute atomic E-state index is 13.0. The van der Waals surface area contributed by atoms with Gasteiger partial charge in [-0.3, -0.25) is 18.7 Å². The molecule has 2 saturated carbocycles. The maximum Gasteiger partial charge on any atom is 0.332 e. The van der Waals surface area contributed by atoms with Gasteiger partial charge in [-0.2, -0.15) is 0 Å². The smallest absolute Gasteiger partial charge is 0.332 e. The first-order chi connectivity index (χ1) is 15.0. The van der Waals surface area contributed by atoms with Crippen LogP contribution in [0, 0.1) is 5.92 Å². The van der Waals surface area contributed by atoms with E-state index >= 15 is 0 Å². The largest absolute Gasteiger partial charge is 0.355 e. The molecule has 168 valence electrons. The van der Waals surface area contributed by atoms with Crippen molar-refractivity contribution < 1.29 is 4.79 Å². The molecule has 31 heavy (non-hydrogen) atoms. The summed E-state index contributed by atoms with van der Waals surface area (Å²) in [5, 5.41) is 3.89. The average Bonchev–Trinajstić information content (AvgIpc) is 3.63. The SMILES string of the molecule is CCCn1c(=O)n(C)c(=O)c2c(SCC(=O)NCC3CCCCC3)nc(C3CC3)nc21. The predicted octanol–water partition coefficient (Wildman–Crippen LogP) is 2.57. The van der Waals surface area contributed by atoms with Crippen molar-refractivity contribution in [2.45, 2.75) is 75.8 Å². The number of hydrogen-bond acceptors (Lipinski definition) is 6. The van der Waals surface area contributed by atoms with Crippen molar-refractivity contribution in [3.05, 3.63) is 26.7 Å². The van der Waals surface area contributed by atoms with E-state index in [4.69, 9.17) is 0 Å². The fourth-order valence-corrected chi connectivity index (χ4v) is 5.09. The van der Waals surface area contributed by atoms with E-state index in [2.05, 4.69) is 15.3 Å². The van der Waals surface area contributed by atoms with Gasteiger partial charge >= 0.3 is 5.69 Å². The molecule has 0 radical (unpaired) electrons. The molecular formula is C22H31N5O3S. The van der Waals surface area contributed by atoms with Gasteiger partial charge in [0, 0.05) is 26.1 Å². The zero-order valence-corrected chi connectivity index (χ0v) is 19.2. The quantitative estimate of drug-likeness (QED) is 0.495. The Labute approximate surface area is 185 Å². The Hall–Kier alpha value is -2.16. The van der Waals surface area contributed by atoms with Gasteiger partial charge in [-0.1, -0.05) is 37.9 Å². The van der Waals surface area contributed by atoms with Crippen LogP contribution in [-0.4, -0.2) is 37.3 Å². The number of hydrogen-bond donors (Lipinski definition) is 1. The first-order valence-electron chi connectivity index (χ1n) is 11.4. The molecular weight excluding hydrogens is 414 g/mol. The summed E-state index contributed by atoms with van der Waals surface area (Å²) in [5.74, 6) is 1.67. The lowest BCUT2D eigenvalue weighted by Crippen LogP contribution is -2.39. The summed E-state index contributed by atoms with van der Waals surface area (Å²) in [4.78, 5) is 47.4. The van der Waals surface area contributed by atoms with Crippen LogP contribution in [-0.2, 0) is 18.4 Å². The molecule has 0 unspecified atom stereocenters. The highest BCUT2D eigenvalue weighted by Gasteiger charge is 2.29. The zero-order chi connectivity index (χ0) is 22.0. The molecule has 2 aliphatic rings. The molecule has 0 aromatic carbocycles. The molecule has 0 aliphatic heterocycles. The molecule has 9 heteroatoms. The van der Waals surface area contributed by atoms with Crippen molar-refractivity contribution in [1.82, 2.24) is 24.4 Å². The van der Waals surface area contributed by atoms with Crippen LogP contribution in [0.25, 0.3) is 11.0 Å². The minimum absolute atomic E-state index is 0.0472. The highest BCUT2D eigenvalue weighted by Crippen LogP contribution is 2.39. The molecule has 0 bridgehead atoms. The lowest BCUT2D eigenvalue weighted by molar-refractivity contribution is -0.118. The van der Waals surface area contributed by atoms with Crippen molar-refractivity contribution in [1.29, 1.82) is 0 Å². The Balaban J connectivity index is 1.61. The molecule has 2 aromatic rings. The molecule has 1 N–H and O–H groups in total. The molecule has 0 spiro atoms. The first-order valence-corrected chi connectivity index (χ1v) is 12.4. The molecule has 0 saturated heterocycles. The molecule has 2 fully saturated rings. The third kappa shape index (κ3) is 4.86. The lowest BCUT2D eigenvalue weighted by Gasteiger charge is -2.21. The Bertz CT molecular complexity index is 1080. The van der Waals surface area contributed by atoms with Crippen molar-refractivity contribution >= 4 is 28.7 Å². The van der Waals surface area contributed by atoms with Crippen LogP contribution in [0.4, 0.5) is 0 Å². The van der Waals surface area contributed by atoms with Crippen LogP contribution < -0.4 is 16.6 Å². The summed E-state index contributed by atoms with van der Waals surface area (Å²) in [7, 11) is 1.48. The maximum atomic E-state index is 13.0. The minimum atomic E-state index is -0.403. The number of amides is 1. The monoisotopic (exact) mass is 445 g/mol. The number of carbonyl (C=O) groups excluding carboxylic acids is 1. The van der Waals surface area contributed by atoms with Crippen molar-refractivity contribution in [3.63, 3.8) is 0 Å². The normalized spacial score (nSPS) is 17.2. The number of nitrogens with one attached hydrogen (secondary N) is 1.